The zero-order valence-corrected chi connectivity index (χ0v) is 14.2. The standard InChI is InChI=1S/C12H25Br2NS/c1-2-3-4-5-6-7-8-9-10-16-12(14)11(13)15/h11-12H,2-10,15H2,1H3. The predicted molar refractivity (Wildman–Crippen MR) is 84.7 cm³/mol. The average molecular weight is 375 g/mol. The number of hydrogen-bond acceptors (Lipinski definition) is 2. The molecule has 2 atom stereocenters. The van der Waals surface area contributed by atoms with Crippen LogP contribution in [-0.2, 0) is 0 Å². The molecule has 0 aliphatic heterocycles. The van der Waals surface area contributed by atoms with E-state index < -0.39 is 0 Å². The van der Waals surface area contributed by atoms with Crippen molar-refractivity contribution in [3.05, 3.63) is 0 Å². The van der Waals surface area contributed by atoms with Gasteiger partial charge < -0.3 is 5.73 Å². The molecular weight excluding hydrogens is 350 g/mol. The molecule has 0 aliphatic carbocycles. The number of rotatable bonds is 11. The maximum Gasteiger partial charge on any atom is 0.0850 e. The average Bonchev–Trinajstić information content (AvgIpc) is 2.26. The van der Waals surface area contributed by atoms with E-state index in [1.54, 1.807) is 0 Å². The first-order valence-corrected chi connectivity index (χ1v) is 9.21. The lowest BCUT2D eigenvalue weighted by molar-refractivity contribution is 0.586. The molecule has 2 N–H and O–H groups in total. The summed E-state index contributed by atoms with van der Waals surface area (Å²) in [5, 5.41) is 0. The Morgan fingerprint density at radius 3 is 1.94 bits per heavy atom. The Bertz CT molecular complexity index is 145. The summed E-state index contributed by atoms with van der Waals surface area (Å²) in [5.41, 5.74) is 5.69. The molecule has 0 aromatic heterocycles. The quantitative estimate of drug-likeness (QED) is 0.303. The van der Waals surface area contributed by atoms with E-state index in [0.29, 0.717) is 4.16 Å². The molecule has 16 heavy (non-hydrogen) atoms. The Morgan fingerprint density at radius 1 is 0.938 bits per heavy atom. The number of nitrogens with two attached hydrogens (primary N) is 1. The van der Waals surface area contributed by atoms with Gasteiger partial charge in [0, 0.05) is 0 Å². The fourth-order valence-corrected chi connectivity index (χ4v) is 3.32. The van der Waals surface area contributed by atoms with Crippen molar-refractivity contribution in [3.63, 3.8) is 0 Å². The molecule has 98 valence electrons. The summed E-state index contributed by atoms with van der Waals surface area (Å²) < 4.78 is 0.344. The van der Waals surface area contributed by atoms with E-state index in [1.807, 2.05) is 11.8 Å². The van der Waals surface area contributed by atoms with Gasteiger partial charge in [-0.2, -0.15) is 0 Å². The molecule has 0 spiro atoms. The highest BCUT2D eigenvalue weighted by molar-refractivity contribution is 9.13. The topological polar surface area (TPSA) is 26.0 Å². The van der Waals surface area contributed by atoms with Gasteiger partial charge in [-0.3, -0.25) is 0 Å². The molecule has 0 fully saturated rings. The molecule has 0 rings (SSSR count). The first kappa shape index (κ1) is 17.3. The summed E-state index contributed by atoms with van der Waals surface area (Å²) in [6.45, 7) is 2.27. The lowest BCUT2D eigenvalue weighted by Gasteiger charge is -2.11. The molecule has 0 saturated heterocycles. The van der Waals surface area contributed by atoms with Crippen LogP contribution in [0.4, 0.5) is 0 Å². The van der Waals surface area contributed by atoms with Gasteiger partial charge in [-0.1, -0.05) is 83.7 Å². The van der Waals surface area contributed by atoms with E-state index in [2.05, 4.69) is 38.8 Å². The van der Waals surface area contributed by atoms with Gasteiger partial charge in [0.25, 0.3) is 0 Å². The third-order valence-electron chi connectivity index (χ3n) is 2.53. The summed E-state index contributed by atoms with van der Waals surface area (Å²) in [7, 11) is 0. The van der Waals surface area contributed by atoms with Crippen molar-refractivity contribution in [2.45, 2.75) is 67.4 Å². The Labute approximate surface area is 122 Å². The smallest absolute Gasteiger partial charge is 0.0850 e. The second-order valence-electron chi connectivity index (χ2n) is 4.14. The minimum atomic E-state index is 0.0616. The zero-order chi connectivity index (χ0) is 12.2. The molecule has 0 aromatic carbocycles. The summed E-state index contributed by atoms with van der Waals surface area (Å²) in [4.78, 5) is 0.0616. The normalized spacial score (nSPS) is 15.0. The van der Waals surface area contributed by atoms with Crippen molar-refractivity contribution < 1.29 is 0 Å². The lowest BCUT2D eigenvalue weighted by atomic mass is 10.1. The lowest BCUT2D eigenvalue weighted by Crippen LogP contribution is -2.20. The third-order valence-corrected chi connectivity index (χ3v) is 6.61. The third kappa shape index (κ3) is 11.7. The van der Waals surface area contributed by atoms with Gasteiger partial charge in [-0.05, 0) is 12.2 Å². The van der Waals surface area contributed by atoms with Crippen molar-refractivity contribution in [1.29, 1.82) is 0 Å². The Hall–Kier alpha value is 1.27. The Balaban J connectivity index is 3.04. The van der Waals surface area contributed by atoms with Gasteiger partial charge in [-0.15, -0.1) is 11.8 Å². The van der Waals surface area contributed by atoms with Crippen LogP contribution in [0.2, 0.25) is 0 Å². The van der Waals surface area contributed by atoms with Gasteiger partial charge >= 0.3 is 0 Å². The molecule has 4 heteroatoms. The van der Waals surface area contributed by atoms with E-state index >= 15 is 0 Å². The summed E-state index contributed by atoms with van der Waals surface area (Å²) in [6, 6.07) is 0. The first-order chi connectivity index (χ1) is 7.68. The van der Waals surface area contributed by atoms with Gasteiger partial charge in [0.2, 0.25) is 0 Å². The molecular formula is C12H25Br2NS. The van der Waals surface area contributed by atoms with Crippen LogP contribution in [0.3, 0.4) is 0 Å². The van der Waals surface area contributed by atoms with Crippen molar-refractivity contribution in [1.82, 2.24) is 0 Å². The first-order valence-electron chi connectivity index (χ1n) is 6.33. The number of thioether (sulfide) groups is 1. The van der Waals surface area contributed by atoms with Crippen molar-refractivity contribution in [2.75, 3.05) is 5.75 Å². The highest BCUT2D eigenvalue weighted by Gasteiger charge is 2.10. The Kier molecular flexibility index (Phi) is 13.7. The van der Waals surface area contributed by atoms with Gasteiger partial charge in [0.15, 0.2) is 0 Å². The van der Waals surface area contributed by atoms with E-state index in [9.17, 15) is 0 Å². The maximum absolute atomic E-state index is 5.69. The molecule has 0 heterocycles. The summed E-state index contributed by atoms with van der Waals surface area (Å²) >= 11 is 8.81. The van der Waals surface area contributed by atoms with E-state index in [0.717, 1.165) is 0 Å². The second-order valence-corrected chi connectivity index (χ2v) is 8.04. The number of unbranched alkanes of at least 4 members (excludes halogenated alkanes) is 7. The van der Waals surface area contributed by atoms with Crippen LogP contribution in [0.5, 0.6) is 0 Å². The zero-order valence-electron chi connectivity index (χ0n) is 10.3. The van der Waals surface area contributed by atoms with Crippen LogP contribution < -0.4 is 5.73 Å². The highest BCUT2D eigenvalue weighted by Crippen LogP contribution is 2.24. The van der Waals surface area contributed by atoms with Crippen LogP contribution in [0.1, 0.15) is 58.3 Å². The number of alkyl halides is 2. The molecule has 0 bridgehead atoms. The van der Waals surface area contributed by atoms with Gasteiger partial charge in [0.05, 0.1) is 9.11 Å². The van der Waals surface area contributed by atoms with Crippen LogP contribution >= 0.6 is 43.6 Å². The summed E-state index contributed by atoms with van der Waals surface area (Å²) in [6.07, 6.45) is 11.1. The minimum Gasteiger partial charge on any atom is -0.317 e. The fourth-order valence-electron chi connectivity index (χ4n) is 1.52. The van der Waals surface area contributed by atoms with E-state index in [1.165, 1.54) is 57.1 Å². The molecule has 2 unspecified atom stereocenters. The molecule has 0 saturated carbocycles. The number of hydrogen-bond donors (Lipinski definition) is 1. The second kappa shape index (κ2) is 12.7. The van der Waals surface area contributed by atoms with Gasteiger partial charge in [-0.25, -0.2) is 0 Å². The van der Waals surface area contributed by atoms with Crippen molar-refractivity contribution in [3.8, 4) is 0 Å². The SMILES string of the molecule is CCCCCCCCCCSC(Br)C(N)Br. The van der Waals surface area contributed by atoms with Gasteiger partial charge in [0.1, 0.15) is 0 Å². The molecule has 0 aromatic rings. The highest BCUT2D eigenvalue weighted by atomic mass is 79.9. The Morgan fingerprint density at radius 2 is 1.44 bits per heavy atom. The molecule has 1 nitrogen and oxygen atoms in total. The largest absolute Gasteiger partial charge is 0.317 e. The van der Waals surface area contributed by atoms with E-state index in [-0.39, 0.29) is 4.95 Å². The van der Waals surface area contributed by atoms with E-state index in [4.69, 9.17) is 5.73 Å². The molecule has 0 aliphatic rings. The number of halogens is 2. The molecule has 0 amide bonds. The van der Waals surface area contributed by atoms with Crippen LogP contribution in [0.25, 0.3) is 0 Å². The maximum atomic E-state index is 5.69. The fraction of sp³-hybridized carbons (Fsp3) is 1.00. The summed E-state index contributed by atoms with van der Waals surface area (Å²) in [5.74, 6) is 1.21. The molecule has 0 radical (unpaired) electrons. The van der Waals surface area contributed by atoms with Crippen LogP contribution in [0.15, 0.2) is 0 Å². The van der Waals surface area contributed by atoms with Crippen LogP contribution in [-0.4, -0.2) is 14.9 Å². The van der Waals surface area contributed by atoms with Crippen molar-refractivity contribution >= 4 is 43.6 Å². The minimum absolute atomic E-state index is 0.0616. The van der Waals surface area contributed by atoms with Crippen molar-refractivity contribution in [2.24, 2.45) is 5.73 Å². The monoisotopic (exact) mass is 373 g/mol. The predicted octanol–water partition coefficient (Wildman–Crippen LogP) is 5.26. The van der Waals surface area contributed by atoms with Crippen LogP contribution in [0, 0.1) is 0 Å².